The first kappa shape index (κ1) is 14.9. The zero-order valence-electron chi connectivity index (χ0n) is 12.3. The quantitative estimate of drug-likeness (QED) is 0.503. The van der Waals surface area contributed by atoms with Crippen LogP contribution in [0, 0.1) is 0 Å². The molecule has 2 N–H and O–H groups in total. The molecule has 0 saturated heterocycles. The lowest BCUT2D eigenvalue weighted by Gasteiger charge is -2.08. The second-order valence-electron chi connectivity index (χ2n) is 5.10. The molecule has 0 aliphatic rings. The van der Waals surface area contributed by atoms with Crippen molar-refractivity contribution < 1.29 is 0 Å². The number of imidazole rings is 1. The van der Waals surface area contributed by atoms with Crippen LogP contribution in [0.1, 0.15) is 0 Å². The Morgan fingerprint density at radius 2 is 1.46 bits per heavy atom. The minimum Gasteiger partial charge on any atom is -0.324 e. The van der Waals surface area contributed by atoms with Gasteiger partial charge in [0.05, 0.1) is 16.6 Å². The van der Waals surface area contributed by atoms with Crippen LogP contribution in [-0.4, -0.2) is 19.9 Å². The molecule has 24 heavy (non-hydrogen) atoms. The van der Waals surface area contributed by atoms with Gasteiger partial charge in [0.25, 0.3) is 0 Å². The fourth-order valence-corrected chi connectivity index (χ4v) is 3.03. The van der Waals surface area contributed by atoms with E-state index >= 15 is 0 Å². The number of rotatable bonds is 3. The maximum Gasteiger partial charge on any atom is 0.232 e. The molecule has 0 radical (unpaired) electrons. The molecular weight excluding hydrogens is 345 g/mol. The molecule has 118 valence electrons. The molecule has 0 fully saturated rings. The minimum absolute atomic E-state index is 0.278. The number of halogens is 2. The Labute approximate surface area is 147 Å². The van der Waals surface area contributed by atoms with Gasteiger partial charge < -0.3 is 4.98 Å². The highest BCUT2D eigenvalue weighted by Crippen LogP contribution is 2.33. The van der Waals surface area contributed by atoms with Gasteiger partial charge in [-0.15, -0.1) is 0 Å². The van der Waals surface area contributed by atoms with Crippen LogP contribution in [0.2, 0.25) is 10.3 Å². The summed E-state index contributed by atoms with van der Waals surface area (Å²) in [6.07, 6.45) is 0. The van der Waals surface area contributed by atoms with Crippen LogP contribution in [-0.2, 0) is 0 Å². The molecule has 0 aliphatic carbocycles. The summed E-state index contributed by atoms with van der Waals surface area (Å²) in [5, 5.41) is 3.55. The van der Waals surface area contributed by atoms with Gasteiger partial charge in [0.15, 0.2) is 0 Å². The van der Waals surface area contributed by atoms with E-state index in [4.69, 9.17) is 23.2 Å². The van der Waals surface area contributed by atoms with Gasteiger partial charge >= 0.3 is 0 Å². The fraction of sp³-hybridized carbons (Fsp3) is 0. The zero-order chi connectivity index (χ0) is 16.5. The predicted molar refractivity (Wildman–Crippen MR) is 96.9 cm³/mol. The number of benzene rings is 2. The molecule has 0 atom stereocenters. The lowest BCUT2D eigenvalue weighted by molar-refractivity contribution is 1.14. The smallest absolute Gasteiger partial charge is 0.232 e. The lowest BCUT2D eigenvalue weighted by Crippen LogP contribution is -2.00. The Balaban J connectivity index is 1.69. The zero-order valence-corrected chi connectivity index (χ0v) is 13.8. The van der Waals surface area contributed by atoms with E-state index in [2.05, 4.69) is 25.3 Å². The van der Waals surface area contributed by atoms with Crippen molar-refractivity contribution >= 4 is 46.1 Å². The second kappa shape index (κ2) is 6.11. The molecule has 5 nitrogen and oxygen atoms in total. The topological polar surface area (TPSA) is 66.5 Å². The third kappa shape index (κ3) is 2.79. The van der Waals surface area contributed by atoms with E-state index in [9.17, 15) is 0 Å². The van der Waals surface area contributed by atoms with Gasteiger partial charge in [0.1, 0.15) is 10.3 Å². The SMILES string of the molecule is Clc1nc(Nc2nc3ccccc3[nH]2)nc(Cl)c1-c1ccccc1. The molecule has 0 bridgehead atoms. The van der Waals surface area contributed by atoms with E-state index in [0.717, 1.165) is 16.6 Å². The van der Waals surface area contributed by atoms with Crippen molar-refractivity contribution in [2.75, 3.05) is 5.32 Å². The summed E-state index contributed by atoms with van der Waals surface area (Å²) >= 11 is 12.6. The summed E-state index contributed by atoms with van der Waals surface area (Å²) in [5.41, 5.74) is 3.23. The van der Waals surface area contributed by atoms with Gasteiger partial charge in [-0.3, -0.25) is 5.32 Å². The molecule has 0 saturated carbocycles. The molecule has 4 rings (SSSR count). The maximum absolute atomic E-state index is 6.31. The van der Waals surface area contributed by atoms with E-state index in [1.165, 1.54) is 0 Å². The van der Waals surface area contributed by atoms with Gasteiger partial charge in [0.2, 0.25) is 11.9 Å². The van der Waals surface area contributed by atoms with Gasteiger partial charge in [-0.2, -0.15) is 0 Å². The van der Waals surface area contributed by atoms with Crippen molar-refractivity contribution in [2.45, 2.75) is 0 Å². The molecule has 2 aromatic carbocycles. The summed E-state index contributed by atoms with van der Waals surface area (Å²) in [4.78, 5) is 16.1. The van der Waals surface area contributed by atoms with Gasteiger partial charge in [-0.05, 0) is 17.7 Å². The Hall–Kier alpha value is -2.63. The van der Waals surface area contributed by atoms with Crippen molar-refractivity contribution in [3.63, 3.8) is 0 Å². The molecule has 0 spiro atoms. The summed E-state index contributed by atoms with van der Waals surface area (Å²) in [6, 6.07) is 17.2. The number of hydrogen-bond acceptors (Lipinski definition) is 4. The fourth-order valence-electron chi connectivity index (χ4n) is 2.42. The third-order valence-electron chi connectivity index (χ3n) is 3.50. The number of para-hydroxylation sites is 2. The van der Waals surface area contributed by atoms with Crippen LogP contribution in [0.4, 0.5) is 11.9 Å². The maximum atomic E-state index is 6.31. The summed E-state index contributed by atoms with van der Waals surface area (Å²) < 4.78 is 0. The highest BCUT2D eigenvalue weighted by atomic mass is 35.5. The van der Waals surface area contributed by atoms with Crippen LogP contribution in [0.25, 0.3) is 22.2 Å². The molecule has 4 aromatic rings. The Morgan fingerprint density at radius 3 is 2.17 bits per heavy atom. The molecule has 0 amide bonds. The first-order chi connectivity index (χ1) is 11.7. The normalized spacial score (nSPS) is 10.9. The Morgan fingerprint density at radius 1 is 0.792 bits per heavy atom. The van der Waals surface area contributed by atoms with Gasteiger partial charge in [0, 0.05) is 0 Å². The number of nitrogens with one attached hydrogen (secondary N) is 2. The van der Waals surface area contributed by atoms with Crippen LogP contribution >= 0.6 is 23.2 Å². The van der Waals surface area contributed by atoms with Crippen molar-refractivity contribution in [1.82, 2.24) is 19.9 Å². The van der Waals surface area contributed by atoms with E-state index in [1.807, 2.05) is 54.6 Å². The number of fused-ring (bicyclic) bond motifs is 1. The van der Waals surface area contributed by atoms with Crippen LogP contribution in [0.3, 0.4) is 0 Å². The molecule has 0 aliphatic heterocycles. The van der Waals surface area contributed by atoms with Crippen LogP contribution in [0.5, 0.6) is 0 Å². The first-order valence-corrected chi connectivity index (χ1v) is 7.96. The van der Waals surface area contributed by atoms with Crippen LogP contribution in [0.15, 0.2) is 54.6 Å². The second-order valence-corrected chi connectivity index (χ2v) is 5.81. The monoisotopic (exact) mass is 355 g/mol. The van der Waals surface area contributed by atoms with Gasteiger partial charge in [-0.25, -0.2) is 15.0 Å². The summed E-state index contributed by atoms with van der Waals surface area (Å²) in [5.74, 6) is 0.805. The number of nitrogens with zero attached hydrogens (tertiary/aromatic N) is 3. The van der Waals surface area contributed by atoms with Crippen LogP contribution < -0.4 is 5.32 Å². The highest BCUT2D eigenvalue weighted by molar-refractivity contribution is 6.37. The first-order valence-electron chi connectivity index (χ1n) is 7.21. The van der Waals surface area contributed by atoms with E-state index in [1.54, 1.807) is 0 Å². The number of anilines is 2. The predicted octanol–water partition coefficient (Wildman–Crippen LogP) is 5.07. The average molecular weight is 356 g/mol. The number of aromatic amines is 1. The summed E-state index contributed by atoms with van der Waals surface area (Å²) in [6.45, 7) is 0. The van der Waals surface area contributed by atoms with Crippen molar-refractivity contribution in [3.8, 4) is 11.1 Å². The van der Waals surface area contributed by atoms with Crippen molar-refractivity contribution in [2.24, 2.45) is 0 Å². The van der Waals surface area contributed by atoms with E-state index in [0.29, 0.717) is 11.5 Å². The highest BCUT2D eigenvalue weighted by Gasteiger charge is 2.14. The Bertz CT molecular complexity index is 958. The minimum atomic E-state index is 0.278. The third-order valence-corrected chi connectivity index (χ3v) is 4.05. The molecular formula is C17H11Cl2N5. The van der Waals surface area contributed by atoms with Crippen molar-refractivity contribution in [1.29, 1.82) is 0 Å². The molecule has 7 heteroatoms. The summed E-state index contributed by atoms with van der Waals surface area (Å²) in [7, 11) is 0. The number of hydrogen-bond donors (Lipinski definition) is 2. The lowest BCUT2D eigenvalue weighted by atomic mass is 10.1. The standard InChI is InChI=1S/C17H11Cl2N5/c18-14-13(10-6-2-1-3-7-10)15(19)23-17(22-14)24-16-20-11-8-4-5-9-12(11)21-16/h1-9H,(H2,20,21,22,23,24). The average Bonchev–Trinajstić information content (AvgIpc) is 2.97. The molecule has 2 aromatic heterocycles. The largest absolute Gasteiger partial charge is 0.324 e. The Kier molecular flexibility index (Phi) is 3.80. The molecule has 2 heterocycles. The number of aromatic nitrogens is 4. The molecule has 0 unspecified atom stereocenters. The van der Waals surface area contributed by atoms with E-state index in [-0.39, 0.29) is 16.3 Å². The van der Waals surface area contributed by atoms with Crippen molar-refractivity contribution in [3.05, 3.63) is 64.9 Å². The van der Waals surface area contributed by atoms with E-state index < -0.39 is 0 Å². The number of H-pyrrole nitrogens is 1. The van der Waals surface area contributed by atoms with Gasteiger partial charge in [-0.1, -0.05) is 65.7 Å².